The third-order valence-corrected chi connectivity index (χ3v) is 5.48. The average molecular weight is 382 g/mol. The van der Waals surface area contributed by atoms with Crippen molar-refractivity contribution in [3.63, 3.8) is 0 Å². The van der Waals surface area contributed by atoms with E-state index >= 15 is 0 Å². The molecule has 0 aliphatic rings. The van der Waals surface area contributed by atoms with Gasteiger partial charge in [0, 0.05) is 12.5 Å². The Kier molecular flexibility index (Phi) is 5.09. The highest BCUT2D eigenvalue weighted by atomic mass is 32.2. The smallest absolute Gasteiger partial charge is 0.346 e. The zero-order valence-corrected chi connectivity index (χ0v) is 14.9. The highest BCUT2D eigenvalue weighted by Gasteiger charge is 2.17. The molecule has 0 aliphatic heterocycles. The Labute approximate surface area is 145 Å². The van der Waals surface area contributed by atoms with Crippen LogP contribution in [-0.4, -0.2) is 41.3 Å². The summed E-state index contributed by atoms with van der Waals surface area (Å²) in [5, 5.41) is 0. The van der Waals surface area contributed by atoms with Gasteiger partial charge < -0.3 is 4.74 Å². The minimum Gasteiger partial charge on any atom is -0.386 e. The van der Waals surface area contributed by atoms with E-state index in [1.165, 1.54) is 48.5 Å². The molecule has 132 valence electrons. The Morgan fingerprint density at radius 1 is 0.640 bits per heavy atom. The minimum absolute atomic E-state index is 0.00788. The lowest BCUT2D eigenvalue weighted by Gasteiger charge is -2.05. The second-order valence-electron chi connectivity index (χ2n) is 5.27. The molecule has 0 N–H and O–H groups in total. The second kappa shape index (κ2) is 6.77. The van der Waals surface area contributed by atoms with E-state index in [9.17, 15) is 26.4 Å². The van der Waals surface area contributed by atoms with E-state index in [-0.39, 0.29) is 20.9 Å². The normalized spacial score (nSPS) is 11.8. The number of hydrogen-bond donors (Lipinski definition) is 0. The predicted octanol–water partition coefficient (Wildman–Crippen LogP) is 1.49. The summed E-state index contributed by atoms with van der Waals surface area (Å²) in [6.45, 7) is 0. The third kappa shape index (κ3) is 4.74. The molecule has 2 aromatic carbocycles. The van der Waals surface area contributed by atoms with Crippen LogP contribution in [0.25, 0.3) is 0 Å². The van der Waals surface area contributed by atoms with Gasteiger partial charge in [-0.15, -0.1) is 0 Å². The van der Waals surface area contributed by atoms with Crippen LogP contribution < -0.4 is 0 Å². The Bertz CT molecular complexity index is 931. The van der Waals surface area contributed by atoms with E-state index in [0.717, 1.165) is 12.5 Å². The minimum atomic E-state index is -3.40. The number of sulfone groups is 2. The summed E-state index contributed by atoms with van der Waals surface area (Å²) < 4.78 is 50.1. The van der Waals surface area contributed by atoms with E-state index in [1.807, 2.05) is 0 Å². The van der Waals surface area contributed by atoms with Crippen molar-refractivity contribution < 1.29 is 31.2 Å². The summed E-state index contributed by atoms with van der Waals surface area (Å²) in [6.07, 6.45) is 2.06. The van der Waals surface area contributed by atoms with Gasteiger partial charge in [0.15, 0.2) is 19.7 Å². The average Bonchev–Trinajstić information content (AvgIpc) is 2.53. The van der Waals surface area contributed by atoms with Crippen LogP contribution in [0.4, 0.5) is 0 Å². The first-order valence-corrected chi connectivity index (χ1v) is 10.6. The lowest BCUT2D eigenvalue weighted by molar-refractivity contribution is 0.0397. The maximum Gasteiger partial charge on any atom is 0.346 e. The van der Waals surface area contributed by atoms with E-state index < -0.39 is 31.6 Å². The summed E-state index contributed by atoms with van der Waals surface area (Å²) in [6, 6.07) is 9.87. The zero-order chi connectivity index (χ0) is 18.8. The van der Waals surface area contributed by atoms with Gasteiger partial charge in [0.05, 0.1) is 20.9 Å². The van der Waals surface area contributed by atoms with Crippen LogP contribution in [0, 0.1) is 0 Å². The Balaban J connectivity index is 2.13. The van der Waals surface area contributed by atoms with Crippen molar-refractivity contribution in [2.45, 2.75) is 9.79 Å². The molecule has 9 heteroatoms. The van der Waals surface area contributed by atoms with Crippen LogP contribution in [0.15, 0.2) is 58.3 Å². The van der Waals surface area contributed by atoms with Crippen molar-refractivity contribution in [1.29, 1.82) is 0 Å². The lowest BCUT2D eigenvalue weighted by Crippen LogP contribution is -2.13. The number of carbonyl (C=O) groups is 2. The molecule has 25 heavy (non-hydrogen) atoms. The Morgan fingerprint density at radius 2 is 0.920 bits per heavy atom. The molecule has 0 spiro atoms. The Morgan fingerprint density at radius 3 is 1.16 bits per heavy atom. The predicted molar refractivity (Wildman–Crippen MR) is 88.8 cm³/mol. The SMILES string of the molecule is CS(=O)(=O)c1ccc(C(=O)OC(=O)c2ccc(S(C)(=O)=O)cc2)cc1. The first-order valence-electron chi connectivity index (χ1n) is 6.85. The molecule has 0 radical (unpaired) electrons. The van der Waals surface area contributed by atoms with Gasteiger partial charge in [0.25, 0.3) is 0 Å². The van der Waals surface area contributed by atoms with Crippen molar-refractivity contribution in [3.05, 3.63) is 59.7 Å². The fourth-order valence-electron chi connectivity index (χ4n) is 1.88. The summed E-state index contributed by atoms with van der Waals surface area (Å²) in [5.74, 6) is -1.89. The summed E-state index contributed by atoms with van der Waals surface area (Å²) in [4.78, 5) is 23.9. The van der Waals surface area contributed by atoms with E-state index in [1.54, 1.807) is 0 Å². The largest absolute Gasteiger partial charge is 0.386 e. The number of esters is 2. The molecule has 0 fully saturated rings. The van der Waals surface area contributed by atoms with Gasteiger partial charge in [-0.2, -0.15) is 0 Å². The summed E-state index contributed by atoms with van der Waals surface area (Å²) >= 11 is 0. The highest BCUT2D eigenvalue weighted by molar-refractivity contribution is 7.91. The molecule has 2 rings (SSSR count). The van der Waals surface area contributed by atoms with E-state index in [4.69, 9.17) is 4.74 Å². The molecular weight excluding hydrogens is 368 g/mol. The van der Waals surface area contributed by atoms with Crippen LogP contribution in [-0.2, 0) is 24.4 Å². The molecule has 0 saturated heterocycles. The van der Waals surface area contributed by atoms with Crippen molar-refractivity contribution in [2.75, 3.05) is 12.5 Å². The molecule has 0 heterocycles. The highest BCUT2D eigenvalue weighted by Crippen LogP contribution is 2.14. The molecular formula is C16H14O7S2. The van der Waals surface area contributed by atoms with Gasteiger partial charge in [-0.05, 0) is 48.5 Å². The maximum atomic E-state index is 11.9. The van der Waals surface area contributed by atoms with Gasteiger partial charge in [-0.25, -0.2) is 26.4 Å². The van der Waals surface area contributed by atoms with Gasteiger partial charge in [0.2, 0.25) is 0 Å². The van der Waals surface area contributed by atoms with Crippen molar-refractivity contribution in [2.24, 2.45) is 0 Å². The number of hydrogen-bond acceptors (Lipinski definition) is 7. The maximum absolute atomic E-state index is 11.9. The molecule has 0 aromatic heterocycles. The lowest BCUT2D eigenvalue weighted by atomic mass is 10.2. The topological polar surface area (TPSA) is 112 Å². The Hall–Kier alpha value is -2.52. The van der Waals surface area contributed by atoms with E-state index in [0.29, 0.717) is 0 Å². The number of ether oxygens (including phenoxy) is 1. The van der Waals surface area contributed by atoms with Crippen LogP contribution >= 0.6 is 0 Å². The zero-order valence-electron chi connectivity index (χ0n) is 13.3. The van der Waals surface area contributed by atoms with Gasteiger partial charge in [-0.3, -0.25) is 0 Å². The quantitative estimate of drug-likeness (QED) is 0.582. The molecule has 0 aliphatic carbocycles. The van der Waals surface area contributed by atoms with Crippen molar-refractivity contribution in [1.82, 2.24) is 0 Å². The third-order valence-electron chi connectivity index (χ3n) is 3.22. The molecule has 0 bridgehead atoms. The fourth-order valence-corrected chi connectivity index (χ4v) is 3.14. The number of benzene rings is 2. The summed E-state index contributed by atoms with van der Waals surface area (Å²) in [7, 11) is -6.79. The molecule has 0 amide bonds. The van der Waals surface area contributed by atoms with Crippen LogP contribution in [0.2, 0.25) is 0 Å². The molecule has 0 unspecified atom stereocenters. The molecule has 0 saturated carbocycles. The first-order chi connectivity index (χ1) is 11.5. The number of rotatable bonds is 4. The molecule has 0 atom stereocenters. The van der Waals surface area contributed by atoms with Crippen molar-refractivity contribution >= 4 is 31.6 Å². The standard InChI is InChI=1S/C16H14O7S2/c1-24(19,20)13-7-3-11(4-8-13)15(17)23-16(18)12-5-9-14(10-6-12)25(2,21)22/h3-10H,1-2H3. The fraction of sp³-hybridized carbons (Fsp3) is 0.125. The van der Waals surface area contributed by atoms with Crippen molar-refractivity contribution in [3.8, 4) is 0 Å². The van der Waals surface area contributed by atoms with Crippen LogP contribution in [0.5, 0.6) is 0 Å². The van der Waals surface area contributed by atoms with Crippen LogP contribution in [0.3, 0.4) is 0 Å². The van der Waals surface area contributed by atoms with E-state index in [2.05, 4.69) is 0 Å². The van der Waals surface area contributed by atoms with Gasteiger partial charge in [-0.1, -0.05) is 0 Å². The second-order valence-corrected chi connectivity index (χ2v) is 9.30. The molecule has 2 aromatic rings. The summed E-state index contributed by atoms with van der Waals surface area (Å²) in [5.41, 5.74) is 0.0158. The first kappa shape index (κ1) is 18.8. The number of carbonyl (C=O) groups excluding carboxylic acids is 2. The molecule has 7 nitrogen and oxygen atoms in total. The monoisotopic (exact) mass is 382 g/mol. The van der Waals surface area contributed by atoms with Gasteiger partial charge in [0.1, 0.15) is 0 Å². The van der Waals surface area contributed by atoms with Gasteiger partial charge >= 0.3 is 11.9 Å². The van der Waals surface area contributed by atoms with Crippen LogP contribution in [0.1, 0.15) is 20.7 Å².